The summed E-state index contributed by atoms with van der Waals surface area (Å²) in [5, 5.41) is 0. The van der Waals surface area contributed by atoms with Crippen molar-refractivity contribution >= 4 is 5.91 Å². The number of methoxy groups -OCH3 is 1. The van der Waals surface area contributed by atoms with Crippen molar-refractivity contribution < 1.29 is 9.53 Å². The molecular weight excluding hydrogens is 288 g/mol. The van der Waals surface area contributed by atoms with E-state index in [0.29, 0.717) is 5.56 Å². The number of nitrogens with zero attached hydrogens (tertiary/aromatic N) is 2. The quantitative estimate of drug-likeness (QED) is 0.869. The van der Waals surface area contributed by atoms with Gasteiger partial charge in [0.25, 0.3) is 5.91 Å². The minimum absolute atomic E-state index is 0.0886. The number of hydrogen-bond donors (Lipinski definition) is 0. The number of pyridine rings is 1. The number of hydrogen-bond acceptors (Lipinski definition) is 3. The summed E-state index contributed by atoms with van der Waals surface area (Å²) in [5.74, 6) is 1.63. The Kier molecular flexibility index (Phi) is 4.60. The topological polar surface area (TPSA) is 42.4 Å². The second kappa shape index (κ2) is 6.82. The molecule has 0 radical (unpaired) electrons. The van der Waals surface area contributed by atoms with Gasteiger partial charge in [0.05, 0.1) is 18.4 Å². The van der Waals surface area contributed by atoms with Crippen LogP contribution < -0.4 is 4.74 Å². The zero-order chi connectivity index (χ0) is 16.2. The van der Waals surface area contributed by atoms with Gasteiger partial charge in [-0.3, -0.25) is 9.78 Å². The summed E-state index contributed by atoms with van der Waals surface area (Å²) in [5.41, 5.74) is 2.53. The first-order chi connectivity index (χ1) is 11.2. The van der Waals surface area contributed by atoms with Crippen LogP contribution in [0.25, 0.3) is 11.3 Å². The molecule has 0 atom stereocenters. The first-order valence-corrected chi connectivity index (χ1v) is 8.07. The molecule has 4 heteroatoms. The molecule has 1 saturated heterocycles. The third-order valence-corrected chi connectivity index (χ3v) is 4.47. The molecule has 2 heterocycles. The molecule has 1 aromatic carbocycles. The van der Waals surface area contributed by atoms with Gasteiger partial charge < -0.3 is 9.64 Å². The van der Waals surface area contributed by atoms with Gasteiger partial charge in [-0.05, 0) is 55.2 Å². The molecule has 1 aliphatic rings. The lowest BCUT2D eigenvalue weighted by Gasteiger charge is -2.30. The molecule has 3 rings (SSSR count). The Balaban J connectivity index is 1.72. The first-order valence-electron chi connectivity index (χ1n) is 8.07. The van der Waals surface area contributed by atoms with E-state index in [-0.39, 0.29) is 5.91 Å². The number of ether oxygens (including phenoxy) is 1. The van der Waals surface area contributed by atoms with E-state index in [0.717, 1.165) is 48.9 Å². The Morgan fingerprint density at radius 2 is 1.83 bits per heavy atom. The summed E-state index contributed by atoms with van der Waals surface area (Å²) < 4.78 is 5.16. The van der Waals surface area contributed by atoms with E-state index in [2.05, 4.69) is 11.9 Å². The molecule has 0 N–H and O–H groups in total. The van der Waals surface area contributed by atoms with Gasteiger partial charge in [-0.25, -0.2) is 0 Å². The van der Waals surface area contributed by atoms with Crippen molar-refractivity contribution in [2.75, 3.05) is 20.2 Å². The molecule has 0 saturated carbocycles. The van der Waals surface area contributed by atoms with Crippen LogP contribution in [0.15, 0.2) is 42.6 Å². The SMILES string of the molecule is COc1ccc(-c2ccc(C(=O)N3CCC(C)CC3)cn2)cc1. The zero-order valence-electron chi connectivity index (χ0n) is 13.7. The molecule has 1 amide bonds. The van der Waals surface area contributed by atoms with Gasteiger partial charge in [-0.2, -0.15) is 0 Å². The molecule has 2 aromatic rings. The van der Waals surface area contributed by atoms with E-state index in [4.69, 9.17) is 4.74 Å². The maximum Gasteiger partial charge on any atom is 0.255 e. The fourth-order valence-electron chi connectivity index (χ4n) is 2.85. The number of benzene rings is 1. The molecular formula is C19H22N2O2. The number of carbonyl (C=O) groups excluding carboxylic acids is 1. The van der Waals surface area contributed by atoms with Crippen molar-refractivity contribution in [2.45, 2.75) is 19.8 Å². The lowest BCUT2D eigenvalue weighted by Crippen LogP contribution is -2.37. The van der Waals surface area contributed by atoms with Gasteiger partial charge in [0, 0.05) is 24.8 Å². The van der Waals surface area contributed by atoms with E-state index >= 15 is 0 Å². The van der Waals surface area contributed by atoms with E-state index in [1.165, 1.54) is 0 Å². The normalized spacial score (nSPS) is 15.5. The Morgan fingerprint density at radius 3 is 2.39 bits per heavy atom. The first kappa shape index (κ1) is 15.5. The number of amides is 1. The summed E-state index contributed by atoms with van der Waals surface area (Å²) in [4.78, 5) is 18.9. The summed E-state index contributed by atoms with van der Waals surface area (Å²) in [6, 6.07) is 11.5. The maximum absolute atomic E-state index is 12.5. The van der Waals surface area contributed by atoms with Crippen molar-refractivity contribution in [3.8, 4) is 17.0 Å². The Labute approximate surface area is 137 Å². The fourth-order valence-corrected chi connectivity index (χ4v) is 2.85. The number of carbonyl (C=O) groups is 1. The predicted molar refractivity (Wildman–Crippen MR) is 90.5 cm³/mol. The molecule has 0 spiro atoms. The Hall–Kier alpha value is -2.36. The third-order valence-electron chi connectivity index (χ3n) is 4.47. The number of piperidine rings is 1. The third kappa shape index (κ3) is 3.52. The van der Waals surface area contributed by atoms with Gasteiger partial charge in [-0.15, -0.1) is 0 Å². The van der Waals surface area contributed by atoms with Crippen molar-refractivity contribution in [3.63, 3.8) is 0 Å². The molecule has 1 aromatic heterocycles. The average molecular weight is 310 g/mol. The van der Waals surface area contributed by atoms with Crippen molar-refractivity contribution in [1.29, 1.82) is 0 Å². The predicted octanol–water partition coefficient (Wildman–Crippen LogP) is 3.63. The smallest absolute Gasteiger partial charge is 0.255 e. The summed E-state index contributed by atoms with van der Waals surface area (Å²) in [7, 11) is 1.65. The van der Waals surface area contributed by atoms with Gasteiger partial charge in [0.15, 0.2) is 0 Å². The standard InChI is InChI=1S/C19H22N2O2/c1-14-9-11-21(12-10-14)19(22)16-5-8-18(20-13-16)15-3-6-17(23-2)7-4-15/h3-8,13-14H,9-12H2,1-2H3. The zero-order valence-corrected chi connectivity index (χ0v) is 13.7. The van der Waals surface area contributed by atoms with Crippen molar-refractivity contribution in [1.82, 2.24) is 9.88 Å². The van der Waals surface area contributed by atoms with Crippen LogP contribution in [0.5, 0.6) is 5.75 Å². The number of rotatable bonds is 3. The largest absolute Gasteiger partial charge is 0.497 e. The Bertz CT molecular complexity index is 657. The summed E-state index contributed by atoms with van der Waals surface area (Å²) in [6.07, 6.45) is 3.85. The molecule has 1 fully saturated rings. The Morgan fingerprint density at radius 1 is 1.13 bits per heavy atom. The molecule has 1 aliphatic heterocycles. The van der Waals surface area contributed by atoms with Crippen LogP contribution in [-0.2, 0) is 0 Å². The van der Waals surface area contributed by atoms with Gasteiger partial charge >= 0.3 is 0 Å². The minimum Gasteiger partial charge on any atom is -0.497 e. The molecule has 120 valence electrons. The van der Waals surface area contributed by atoms with E-state index in [1.807, 2.05) is 41.3 Å². The highest BCUT2D eigenvalue weighted by molar-refractivity contribution is 5.94. The average Bonchev–Trinajstić information content (AvgIpc) is 2.62. The van der Waals surface area contributed by atoms with Crippen LogP contribution in [0.4, 0.5) is 0 Å². The van der Waals surface area contributed by atoms with Crippen molar-refractivity contribution in [3.05, 3.63) is 48.2 Å². The number of aromatic nitrogens is 1. The molecule has 0 aliphatic carbocycles. The lowest BCUT2D eigenvalue weighted by atomic mass is 9.99. The summed E-state index contributed by atoms with van der Waals surface area (Å²) in [6.45, 7) is 3.94. The number of likely N-dealkylation sites (tertiary alicyclic amines) is 1. The second-order valence-corrected chi connectivity index (χ2v) is 6.14. The van der Waals surface area contributed by atoms with E-state index in [9.17, 15) is 4.79 Å². The molecule has 23 heavy (non-hydrogen) atoms. The molecule has 0 unspecified atom stereocenters. The van der Waals surface area contributed by atoms with E-state index < -0.39 is 0 Å². The van der Waals surface area contributed by atoms with Crippen LogP contribution in [0.1, 0.15) is 30.1 Å². The van der Waals surface area contributed by atoms with Crippen LogP contribution in [0, 0.1) is 5.92 Å². The fraction of sp³-hybridized carbons (Fsp3) is 0.368. The van der Waals surface area contributed by atoms with Crippen LogP contribution in [-0.4, -0.2) is 36.0 Å². The van der Waals surface area contributed by atoms with Crippen molar-refractivity contribution in [2.24, 2.45) is 5.92 Å². The van der Waals surface area contributed by atoms with Crippen LogP contribution >= 0.6 is 0 Å². The van der Waals surface area contributed by atoms with Gasteiger partial charge in [-0.1, -0.05) is 6.92 Å². The minimum atomic E-state index is 0.0886. The van der Waals surface area contributed by atoms with Crippen LogP contribution in [0.2, 0.25) is 0 Å². The van der Waals surface area contributed by atoms with Gasteiger partial charge in [0.2, 0.25) is 0 Å². The maximum atomic E-state index is 12.5. The van der Waals surface area contributed by atoms with Crippen LogP contribution in [0.3, 0.4) is 0 Å². The lowest BCUT2D eigenvalue weighted by molar-refractivity contribution is 0.0697. The second-order valence-electron chi connectivity index (χ2n) is 6.14. The highest BCUT2D eigenvalue weighted by atomic mass is 16.5. The molecule has 4 nitrogen and oxygen atoms in total. The highest BCUT2D eigenvalue weighted by Gasteiger charge is 2.21. The molecule has 0 bridgehead atoms. The monoisotopic (exact) mass is 310 g/mol. The highest BCUT2D eigenvalue weighted by Crippen LogP contribution is 2.22. The summed E-state index contributed by atoms with van der Waals surface area (Å²) >= 11 is 0. The van der Waals surface area contributed by atoms with Gasteiger partial charge in [0.1, 0.15) is 5.75 Å². The van der Waals surface area contributed by atoms with E-state index in [1.54, 1.807) is 13.3 Å².